The van der Waals surface area contributed by atoms with E-state index < -0.39 is 56.8 Å². The van der Waals surface area contributed by atoms with Gasteiger partial charge < -0.3 is 25.2 Å². The van der Waals surface area contributed by atoms with Gasteiger partial charge in [-0.1, -0.05) is 59.3 Å². The van der Waals surface area contributed by atoms with Gasteiger partial charge in [-0.15, -0.1) is 0 Å². The van der Waals surface area contributed by atoms with Gasteiger partial charge in [0.2, 0.25) is 5.78 Å². The number of ketones is 3. The van der Waals surface area contributed by atoms with E-state index in [1.807, 2.05) is 46.8 Å². The molecule has 47 heavy (non-hydrogen) atoms. The number of allylic oxidation sites excluding steroid dienone is 4. The second-order valence-corrected chi connectivity index (χ2v) is 14.8. The van der Waals surface area contributed by atoms with Crippen LogP contribution in [0.4, 0.5) is 0 Å². The minimum atomic E-state index is -2.65. The van der Waals surface area contributed by atoms with Crippen molar-refractivity contribution < 1.29 is 44.3 Å². The molecule has 0 bridgehead atoms. The number of esters is 1. The van der Waals surface area contributed by atoms with E-state index in [0.717, 1.165) is 18.1 Å². The number of carbonyl (C=O) groups excluding carboxylic acids is 4. The Morgan fingerprint density at radius 1 is 1.06 bits per heavy atom. The van der Waals surface area contributed by atoms with Crippen molar-refractivity contribution in [3.8, 4) is 5.75 Å². The number of carbonyl (C=O) groups is 4. The minimum absolute atomic E-state index is 0.0257. The van der Waals surface area contributed by atoms with Gasteiger partial charge in [0, 0.05) is 22.3 Å². The summed E-state index contributed by atoms with van der Waals surface area (Å²) in [5.74, 6) is -5.61. The molecule has 5 rings (SSSR count). The van der Waals surface area contributed by atoms with Gasteiger partial charge in [-0.25, -0.2) is 4.79 Å². The second kappa shape index (κ2) is 11.6. The van der Waals surface area contributed by atoms with Crippen LogP contribution in [0.2, 0.25) is 0 Å². The van der Waals surface area contributed by atoms with E-state index in [1.54, 1.807) is 19.9 Å². The molecule has 1 unspecified atom stereocenters. The maximum atomic E-state index is 14.6. The van der Waals surface area contributed by atoms with E-state index in [1.165, 1.54) is 0 Å². The van der Waals surface area contributed by atoms with Crippen LogP contribution >= 0.6 is 0 Å². The normalized spacial score (nSPS) is 28.7. The van der Waals surface area contributed by atoms with Crippen LogP contribution in [0.25, 0.3) is 0 Å². The first kappa shape index (κ1) is 34.4. The number of aliphatic hydroxyl groups excluding tert-OH is 2. The van der Waals surface area contributed by atoms with Crippen LogP contribution in [-0.4, -0.2) is 56.0 Å². The fourth-order valence-electron chi connectivity index (χ4n) is 9.00. The van der Waals surface area contributed by atoms with Crippen LogP contribution < -0.4 is 0 Å². The van der Waals surface area contributed by atoms with Gasteiger partial charge in [-0.05, 0) is 80.6 Å². The molecule has 0 saturated heterocycles. The minimum Gasteiger partial charge on any atom is -0.511 e. The number of aromatic hydroxyl groups is 1. The maximum Gasteiger partial charge on any atom is 0.337 e. The van der Waals surface area contributed by atoms with Crippen molar-refractivity contribution in [2.45, 2.75) is 99.0 Å². The van der Waals surface area contributed by atoms with Gasteiger partial charge in [0.05, 0.1) is 17.7 Å². The molecule has 0 amide bonds. The number of aliphatic hydroxyl groups is 3. The molecular weight excluding hydrogens is 600 g/mol. The van der Waals surface area contributed by atoms with Gasteiger partial charge in [0.25, 0.3) is 0 Å². The molecule has 0 spiro atoms. The zero-order valence-electron chi connectivity index (χ0n) is 28.5. The third-order valence-electron chi connectivity index (χ3n) is 10.9. The highest BCUT2D eigenvalue weighted by molar-refractivity contribution is 6.25. The molecular formula is C38H46O9. The molecule has 4 aliphatic rings. The number of rotatable bonds is 8. The van der Waals surface area contributed by atoms with Crippen LogP contribution in [0.3, 0.4) is 0 Å². The molecule has 252 valence electrons. The van der Waals surface area contributed by atoms with E-state index in [2.05, 4.69) is 0 Å². The smallest absolute Gasteiger partial charge is 0.337 e. The quantitative estimate of drug-likeness (QED) is 0.190. The van der Waals surface area contributed by atoms with Crippen molar-refractivity contribution >= 4 is 23.3 Å². The standard InChI is InChI=1S/C38H46O9/c1-9-47-35(45)23-13-11-21(14-23)10-12-22-15-24(18(2)3)25-16-36(7)17-37(8)28(19(4)5)31(41)26(20(6)39)33(43)38(37,46)34(44)29(36)32(42)27(25)30(22)40/h13-15,18-19,28,40-41,44,46H,9-12,16-17H2,1-8H3/t28?,36-,37-,38+/m1/s1. The fraction of sp³-hybridized carbons (Fsp3) is 0.526. The topological polar surface area (TPSA) is 158 Å². The molecule has 9 heteroatoms. The molecule has 1 aromatic carbocycles. The van der Waals surface area contributed by atoms with Gasteiger partial charge >= 0.3 is 5.97 Å². The number of aryl methyl sites for hydroxylation is 1. The average Bonchev–Trinajstić information content (AvgIpc) is 3.43. The Hall–Kier alpha value is -3.98. The highest BCUT2D eigenvalue weighted by Crippen LogP contribution is 2.65. The summed E-state index contributed by atoms with van der Waals surface area (Å²) in [5.41, 5.74) is -2.34. The van der Waals surface area contributed by atoms with E-state index in [4.69, 9.17) is 4.74 Å². The molecule has 4 atom stereocenters. The molecule has 0 aromatic heterocycles. The Morgan fingerprint density at radius 2 is 1.72 bits per heavy atom. The van der Waals surface area contributed by atoms with Gasteiger partial charge in [-0.3, -0.25) is 14.4 Å². The summed E-state index contributed by atoms with van der Waals surface area (Å²) in [6.07, 6.45) is 5.37. The summed E-state index contributed by atoms with van der Waals surface area (Å²) >= 11 is 0. The Kier molecular flexibility index (Phi) is 8.49. The Labute approximate surface area is 275 Å². The molecule has 0 fully saturated rings. The molecule has 0 saturated carbocycles. The van der Waals surface area contributed by atoms with Crippen LogP contribution in [0, 0.1) is 22.7 Å². The lowest BCUT2D eigenvalue weighted by atomic mass is 9.44. The predicted octanol–water partition coefficient (Wildman–Crippen LogP) is 6.22. The van der Waals surface area contributed by atoms with E-state index in [9.17, 15) is 39.6 Å². The Balaban J connectivity index is 1.64. The second-order valence-electron chi connectivity index (χ2n) is 14.8. The third-order valence-corrected chi connectivity index (χ3v) is 10.9. The molecule has 0 radical (unpaired) electrons. The first-order valence-electron chi connectivity index (χ1n) is 16.5. The molecule has 1 aromatic rings. The number of hydrogen-bond acceptors (Lipinski definition) is 9. The van der Waals surface area contributed by atoms with Crippen LogP contribution in [-0.2, 0) is 32.0 Å². The summed E-state index contributed by atoms with van der Waals surface area (Å²) in [5, 5.41) is 47.3. The van der Waals surface area contributed by atoms with Crippen LogP contribution in [0.15, 0.2) is 52.0 Å². The van der Waals surface area contributed by atoms with Crippen molar-refractivity contribution in [1.82, 2.24) is 0 Å². The van der Waals surface area contributed by atoms with Crippen molar-refractivity contribution in [2.75, 3.05) is 6.61 Å². The highest BCUT2D eigenvalue weighted by atomic mass is 16.5. The molecule has 4 N–H and O–H groups in total. The van der Waals surface area contributed by atoms with E-state index in [-0.39, 0.29) is 54.1 Å². The molecule has 0 aliphatic heterocycles. The molecule has 9 nitrogen and oxygen atoms in total. The first-order chi connectivity index (χ1) is 21.8. The Bertz CT molecular complexity index is 1730. The third kappa shape index (κ3) is 4.91. The molecule has 0 heterocycles. The average molecular weight is 647 g/mol. The van der Waals surface area contributed by atoms with Gasteiger partial charge in [0.1, 0.15) is 22.8 Å². The predicted molar refractivity (Wildman–Crippen MR) is 175 cm³/mol. The van der Waals surface area contributed by atoms with Crippen molar-refractivity contribution in [2.24, 2.45) is 22.7 Å². The number of Topliss-reactive ketones (excluding diaryl/α,β-unsaturated/α-hetero) is 3. The summed E-state index contributed by atoms with van der Waals surface area (Å²) in [6, 6.07) is 1.93. The van der Waals surface area contributed by atoms with Crippen LogP contribution in [0.5, 0.6) is 5.75 Å². The number of benzene rings is 1. The lowest BCUT2D eigenvalue weighted by Crippen LogP contribution is -2.67. The summed E-state index contributed by atoms with van der Waals surface area (Å²) < 4.78 is 5.10. The number of phenols is 1. The fourth-order valence-corrected chi connectivity index (χ4v) is 9.00. The van der Waals surface area contributed by atoms with Crippen molar-refractivity contribution in [3.05, 3.63) is 74.3 Å². The van der Waals surface area contributed by atoms with Gasteiger partial charge in [-0.2, -0.15) is 0 Å². The number of ether oxygens (including phenoxy) is 1. The highest BCUT2D eigenvalue weighted by Gasteiger charge is 2.71. The zero-order chi connectivity index (χ0) is 35.0. The first-order valence-corrected chi connectivity index (χ1v) is 16.5. The maximum absolute atomic E-state index is 14.6. The largest absolute Gasteiger partial charge is 0.511 e. The number of fused-ring (bicyclic) bond motifs is 3. The van der Waals surface area contributed by atoms with E-state index >= 15 is 0 Å². The van der Waals surface area contributed by atoms with Crippen LogP contribution in [0.1, 0.15) is 108 Å². The number of phenolic OH excluding ortho intramolecular Hbond substituents is 1. The monoisotopic (exact) mass is 646 g/mol. The van der Waals surface area contributed by atoms with E-state index in [0.29, 0.717) is 36.0 Å². The summed E-state index contributed by atoms with van der Waals surface area (Å²) in [4.78, 5) is 53.3. The Morgan fingerprint density at radius 3 is 2.30 bits per heavy atom. The SMILES string of the molecule is CCOC(=O)C1=CCC(CCc2cc(C(C)C)c3c(c2O)C(=O)C2=C(O)[C@@]4(O)C(=O)C(C(C)=O)=C(O)C(C(C)C)[C@@]4(C)C[C@@]2(C)C3)=C1. The van der Waals surface area contributed by atoms with Gasteiger partial charge in [0.15, 0.2) is 17.2 Å². The van der Waals surface area contributed by atoms with Crippen molar-refractivity contribution in [3.63, 3.8) is 0 Å². The lowest BCUT2D eigenvalue weighted by Gasteiger charge is -2.59. The number of hydrogen-bond donors (Lipinski definition) is 4. The summed E-state index contributed by atoms with van der Waals surface area (Å²) in [6.45, 7) is 14.2. The van der Waals surface area contributed by atoms with Crippen molar-refractivity contribution in [1.29, 1.82) is 0 Å². The zero-order valence-corrected chi connectivity index (χ0v) is 28.5. The lowest BCUT2D eigenvalue weighted by molar-refractivity contribution is -0.171. The summed E-state index contributed by atoms with van der Waals surface area (Å²) in [7, 11) is 0. The molecule has 4 aliphatic carbocycles.